The minimum Gasteiger partial charge on any atom is -0.460 e. The number of rotatable bonds is 3. The lowest BCUT2D eigenvalue weighted by Gasteiger charge is -2.04. The Bertz CT molecular complexity index is 641. The summed E-state index contributed by atoms with van der Waals surface area (Å²) >= 11 is 0. The summed E-state index contributed by atoms with van der Waals surface area (Å²) in [6.07, 6.45) is 0. The van der Waals surface area contributed by atoms with Crippen molar-refractivity contribution in [3.63, 3.8) is 0 Å². The summed E-state index contributed by atoms with van der Waals surface area (Å²) in [5, 5.41) is 0.257. The monoisotopic (exact) mass is 256 g/mol. The van der Waals surface area contributed by atoms with Crippen molar-refractivity contribution in [2.75, 3.05) is 0 Å². The molecule has 1 aromatic carbocycles. The SMILES string of the molecule is CC(C)S(=O)(=O)Cc1cc2ccc(F)cc2o1. The number of sulfone groups is 1. The molecule has 0 radical (unpaired) electrons. The van der Waals surface area contributed by atoms with Crippen LogP contribution in [-0.4, -0.2) is 13.7 Å². The first-order valence-corrected chi connectivity index (χ1v) is 6.99. The molecule has 2 aromatic rings. The fraction of sp³-hybridized carbons (Fsp3) is 0.333. The van der Waals surface area contributed by atoms with E-state index in [1.807, 2.05) is 0 Å². The molecule has 1 heterocycles. The smallest absolute Gasteiger partial charge is 0.159 e. The summed E-state index contributed by atoms with van der Waals surface area (Å²) in [4.78, 5) is 0. The molecule has 17 heavy (non-hydrogen) atoms. The normalized spacial score (nSPS) is 12.5. The van der Waals surface area contributed by atoms with Crippen molar-refractivity contribution in [1.29, 1.82) is 0 Å². The molecule has 0 amide bonds. The molecule has 0 bridgehead atoms. The Hall–Kier alpha value is -1.36. The fourth-order valence-electron chi connectivity index (χ4n) is 1.50. The van der Waals surface area contributed by atoms with E-state index in [0.717, 1.165) is 0 Å². The molecule has 1 aromatic heterocycles. The lowest BCUT2D eigenvalue weighted by molar-refractivity contribution is 0.547. The van der Waals surface area contributed by atoms with Crippen LogP contribution in [0.25, 0.3) is 11.0 Å². The van der Waals surface area contributed by atoms with E-state index in [1.165, 1.54) is 12.1 Å². The van der Waals surface area contributed by atoms with E-state index < -0.39 is 20.9 Å². The summed E-state index contributed by atoms with van der Waals surface area (Å²) < 4.78 is 41.7. The van der Waals surface area contributed by atoms with E-state index in [9.17, 15) is 12.8 Å². The zero-order valence-corrected chi connectivity index (χ0v) is 10.4. The molecule has 3 nitrogen and oxygen atoms in total. The summed E-state index contributed by atoms with van der Waals surface area (Å²) in [7, 11) is -3.20. The average molecular weight is 256 g/mol. The highest BCUT2D eigenvalue weighted by Gasteiger charge is 2.19. The topological polar surface area (TPSA) is 47.3 Å². The summed E-state index contributed by atoms with van der Waals surface area (Å²) in [6.45, 7) is 3.25. The number of hydrogen-bond acceptors (Lipinski definition) is 3. The first kappa shape index (κ1) is 12.1. The van der Waals surface area contributed by atoms with Crippen molar-refractivity contribution >= 4 is 20.8 Å². The van der Waals surface area contributed by atoms with E-state index in [-0.39, 0.29) is 5.75 Å². The van der Waals surface area contributed by atoms with Crippen LogP contribution in [0.15, 0.2) is 28.7 Å². The lowest BCUT2D eigenvalue weighted by atomic mass is 10.2. The van der Waals surface area contributed by atoms with Crippen LogP contribution in [0, 0.1) is 5.82 Å². The number of halogens is 1. The van der Waals surface area contributed by atoms with Gasteiger partial charge in [-0.05, 0) is 32.0 Å². The first-order chi connectivity index (χ1) is 7.88. The highest BCUT2D eigenvalue weighted by molar-refractivity contribution is 7.91. The van der Waals surface area contributed by atoms with Crippen LogP contribution < -0.4 is 0 Å². The molecule has 0 aliphatic heterocycles. The summed E-state index contributed by atoms with van der Waals surface area (Å²) in [5.74, 6) is -0.203. The highest BCUT2D eigenvalue weighted by atomic mass is 32.2. The van der Waals surface area contributed by atoms with Crippen LogP contribution in [0.2, 0.25) is 0 Å². The lowest BCUT2D eigenvalue weighted by Crippen LogP contribution is -2.15. The van der Waals surface area contributed by atoms with Gasteiger partial charge >= 0.3 is 0 Å². The molecule has 0 aliphatic carbocycles. The van der Waals surface area contributed by atoms with E-state index in [4.69, 9.17) is 4.42 Å². The first-order valence-electron chi connectivity index (χ1n) is 5.28. The second-order valence-electron chi connectivity index (χ2n) is 4.25. The van der Waals surface area contributed by atoms with Crippen molar-refractivity contribution < 1.29 is 17.2 Å². The Labute approximate surface area is 99.2 Å². The van der Waals surface area contributed by atoms with Crippen LogP contribution in [0.5, 0.6) is 0 Å². The minimum absolute atomic E-state index is 0.152. The second kappa shape index (κ2) is 4.14. The maximum atomic E-state index is 12.9. The standard InChI is InChI=1S/C12H13FO3S/c1-8(2)17(14,15)7-11-5-9-3-4-10(13)6-12(9)16-11/h3-6,8H,7H2,1-2H3. The van der Waals surface area contributed by atoms with Gasteiger partial charge in [0.1, 0.15) is 22.9 Å². The minimum atomic E-state index is -3.20. The molecule has 0 unspecified atom stereocenters. The third-order valence-electron chi connectivity index (χ3n) is 2.59. The van der Waals surface area contributed by atoms with Crippen LogP contribution in [-0.2, 0) is 15.6 Å². The molecule has 92 valence electrons. The van der Waals surface area contributed by atoms with Gasteiger partial charge in [0, 0.05) is 11.5 Å². The molecule has 0 aliphatic rings. The predicted octanol–water partition coefficient (Wildman–Crippen LogP) is 2.90. The van der Waals surface area contributed by atoms with Gasteiger partial charge in [-0.1, -0.05) is 0 Å². The Morgan fingerprint density at radius 3 is 2.65 bits per heavy atom. The van der Waals surface area contributed by atoms with Crippen LogP contribution >= 0.6 is 0 Å². The van der Waals surface area contributed by atoms with Crippen molar-refractivity contribution in [3.8, 4) is 0 Å². The maximum Gasteiger partial charge on any atom is 0.159 e. The van der Waals surface area contributed by atoms with Crippen LogP contribution in [0.3, 0.4) is 0 Å². The van der Waals surface area contributed by atoms with Gasteiger partial charge in [-0.2, -0.15) is 0 Å². The van der Waals surface area contributed by atoms with Gasteiger partial charge in [-0.15, -0.1) is 0 Å². The second-order valence-corrected chi connectivity index (χ2v) is 6.81. The molecule has 0 spiro atoms. The summed E-state index contributed by atoms with van der Waals surface area (Å²) in [5.41, 5.74) is 0.374. The third kappa shape index (κ3) is 2.49. The Morgan fingerprint density at radius 2 is 2.00 bits per heavy atom. The fourth-order valence-corrected chi connectivity index (χ4v) is 2.37. The molecule has 0 N–H and O–H groups in total. The van der Waals surface area contributed by atoms with E-state index in [1.54, 1.807) is 26.0 Å². The number of hydrogen-bond donors (Lipinski definition) is 0. The molecule has 0 saturated heterocycles. The highest BCUT2D eigenvalue weighted by Crippen LogP contribution is 2.22. The van der Waals surface area contributed by atoms with E-state index in [2.05, 4.69) is 0 Å². The van der Waals surface area contributed by atoms with Crippen molar-refractivity contribution in [2.45, 2.75) is 24.9 Å². The number of fused-ring (bicyclic) bond motifs is 1. The van der Waals surface area contributed by atoms with Gasteiger partial charge in [-0.25, -0.2) is 12.8 Å². The van der Waals surface area contributed by atoms with Crippen LogP contribution in [0.4, 0.5) is 4.39 Å². The zero-order valence-electron chi connectivity index (χ0n) is 9.60. The molecule has 5 heteroatoms. The average Bonchev–Trinajstić information content (AvgIpc) is 2.57. The van der Waals surface area contributed by atoms with Gasteiger partial charge in [0.2, 0.25) is 0 Å². The van der Waals surface area contributed by atoms with E-state index >= 15 is 0 Å². The van der Waals surface area contributed by atoms with E-state index in [0.29, 0.717) is 16.7 Å². The van der Waals surface area contributed by atoms with Gasteiger partial charge in [0.15, 0.2) is 9.84 Å². The van der Waals surface area contributed by atoms with Gasteiger partial charge in [0.25, 0.3) is 0 Å². The van der Waals surface area contributed by atoms with Gasteiger partial charge in [0.05, 0.1) is 5.25 Å². The third-order valence-corrected chi connectivity index (χ3v) is 4.72. The Morgan fingerprint density at radius 1 is 1.29 bits per heavy atom. The number of furan rings is 1. The Balaban J connectivity index is 2.38. The van der Waals surface area contributed by atoms with Crippen molar-refractivity contribution in [2.24, 2.45) is 0 Å². The van der Waals surface area contributed by atoms with Crippen LogP contribution in [0.1, 0.15) is 19.6 Å². The van der Waals surface area contributed by atoms with Crippen molar-refractivity contribution in [3.05, 3.63) is 35.8 Å². The predicted molar refractivity (Wildman–Crippen MR) is 63.9 cm³/mol. The van der Waals surface area contributed by atoms with Gasteiger partial charge < -0.3 is 4.42 Å². The maximum absolute atomic E-state index is 12.9. The molecule has 0 atom stereocenters. The summed E-state index contributed by atoms with van der Waals surface area (Å²) in [6, 6.07) is 5.77. The number of benzene rings is 1. The molecule has 2 rings (SSSR count). The molecular formula is C12H13FO3S. The molecule has 0 saturated carbocycles. The van der Waals surface area contributed by atoms with Gasteiger partial charge in [-0.3, -0.25) is 0 Å². The zero-order chi connectivity index (χ0) is 12.6. The quantitative estimate of drug-likeness (QED) is 0.848. The molecular weight excluding hydrogens is 243 g/mol. The van der Waals surface area contributed by atoms with Crippen molar-refractivity contribution in [1.82, 2.24) is 0 Å². The largest absolute Gasteiger partial charge is 0.460 e. The molecule has 0 fully saturated rings. The Kier molecular flexibility index (Phi) is 2.95.